The van der Waals surface area contributed by atoms with Crippen LogP contribution in [0.3, 0.4) is 0 Å². The van der Waals surface area contributed by atoms with Crippen molar-refractivity contribution < 1.29 is 14.4 Å². The van der Waals surface area contributed by atoms with E-state index >= 15 is 0 Å². The molecule has 2 rings (SSSR count). The molecule has 0 saturated heterocycles. The summed E-state index contributed by atoms with van der Waals surface area (Å²) in [5.41, 5.74) is 12.7. The van der Waals surface area contributed by atoms with Gasteiger partial charge in [0.25, 0.3) is 0 Å². The van der Waals surface area contributed by atoms with E-state index in [2.05, 4.69) is 15.6 Å². The second kappa shape index (κ2) is 9.25. The molecule has 140 valence electrons. The van der Waals surface area contributed by atoms with Gasteiger partial charge in [-0.1, -0.05) is 17.4 Å². The third kappa shape index (κ3) is 6.08. The highest BCUT2D eigenvalue weighted by atomic mass is 32.1. The zero-order valence-electron chi connectivity index (χ0n) is 14.6. The number of amides is 3. The van der Waals surface area contributed by atoms with Crippen LogP contribution in [-0.4, -0.2) is 35.3 Å². The highest BCUT2D eigenvalue weighted by molar-refractivity contribution is 7.22. The molecule has 0 aliphatic heterocycles. The van der Waals surface area contributed by atoms with Crippen LogP contribution in [0.25, 0.3) is 10.2 Å². The van der Waals surface area contributed by atoms with E-state index in [9.17, 15) is 14.4 Å². The molecule has 26 heavy (non-hydrogen) atoms. The minimum Gasteiger partial charge on any atom is -0.370 e. The van der Waals surface area contributed by atoms with Crippen LogP contribution in [0.15, 0.2) is 18.2 Å². The molecule has 1 aromatic carbocycles. The van der Waals surface area contributed by atoms with Crippen LogP contribution in [-0.2, 0) is 14.4 Å². The Labute approximate surface area is 155 Å². The number of primary amides is 1. The fraction of sp³-hybridized carbons (Fsp3) is 0.412. The number of hydrogen-bond acceptors (Lipinski definition) is 6. The largest absolute Gasteiger partial charge is 0.370 e. The Balaban J connectivity index is 1.69. The lowest BCUT2D eigenvalue weighted by atomic mass is 10.1. The minimum atomic E-state index is -0.775. The molecule has 1 heterocycles. The van der Waals surface area contributed by atoms with Crippen molar-refractivity contribution in [2.45, 2.75) is 38.6 Å². The average Bonchev–Trinajstić information content (AvgIpc) is 2.97. The van der Waals surface area contributed by atoms with Crippen LogP contribution in [0.5, 0.6) is 0 Å². The lowest BCUT2D eigenvalue weighted by Crippen LogP contribution is -2.41. The maximum atomic E-state index is 12.0. The Kier molecular flexibility index (Phi) is 7.05. The first kappa shape index (κ1) is 19.8. The Morgan fingerprint density at radius 3 is 2.77 bits per heavy atom. The molecule has 0 unspecified atom stereocenters. The van der Waals surface area contributed by atoms with Crippen LogP contribution >= 0.6 is 11.3 Å². The van der Waals surface area contributed by atoms with Crippen molar-refractivity contribution in [2.75, 3.05) is 11.9 Å². The predicted octanol–water partition coefficient (Wildman–Crippen LogP) is 1.03. The highest BCUT2D eigenvalue weighted by Gasteiger charge is 2.14. The van der Waals surface area contributed by atoms with Crippen LogP contribution in [0.1, 0.15) is 31.2 Å². The zero-order valence-corrected chi connectivity index (χ0v) is 15.4. The second-order valence-corrected chi connectivity index (χ2v) is 7.08. The molecule has 1 aromatic heterocycles. The summed E-state index contributed by atoms with van der Waals surface area (Å²) in [7, 11) is 0. The molecule has 9 heteroatoms. The summed E-state index contributed by atoms with van der Waals surface area (Å²) in [6.07, 6.45) is 1.01. The van der Waals surface area contributed by atoms with Crippen molar-refractivity contribution >= 4 is 44.4 Å². The Morgan fingerprint density at radius 1 is 1.27 bits per heavy atom. The zero-order chi connectivity index (χ0) is 19.1. The first-order chi connectivity index (χ1) is 12.3. The Bertz CT molecular complexity index is 805. The van der Waals surface area contributed by atoms with Crippen molar-refractivity contribution in [1.82, 2.24) is 10.3 Å². The molecule has 3 amide bonds. The monoisotopic (exact) mass is 377 g/mol. The summed E-state index contributed by atoms with van der Waals surface area (Å²) in [6, 6.07) is 5.15. The standard InChI is InChI=1S/C17H23N5O3S/c1-10-4-6-12-13(9-10)26-17(21-12)22-15(24)3-2-8-20-16(25)11(18)5-7-14(19)23/h4,6,9,11H,2-3,5,7-8,18H2,1H3,(H2,19,23)(H,20,25)(H,21,22,24)/t11-/m0/s1. The van der Waals surface area contributed by atoms with Gasteiger partial charge in [0.2, 0.25) is 17.7 Å². The molecule has 0 fully saturated rings. The summed E-state index contributed by atoms with van der Waals surface area (Å²) < 4.78 is 1.03. The number of benzene rings is 1. The van der Waals surface area contributed by atoms with Crippen molar-refractivity contribution in [2.24, 2.45) is 11.5 Å². The Morgan fingerprint density at radius 2 is 2.04 bits per heavy atom. The van der Waals surface area contributed by atoms with Crippen LogP contribution in [0, 0.1) is 6.92 Å². The molecule has 6 N–H and O–H groups in total. The van der Waals surface area contributed by atoms with Gasteiger partial charge in [-0.15, -0.1) is 0 Å². The number of carbonyl (C=O) groups excluding carboxylic acids is 3. The van der Waals surface area contributed by atoms with Gasteiger partial charge in [-0.3, -0.25) is 14.4 Å². The summed E-state index contributed by atoms with van der Waals surface area (Å²) in [4.78, 5) is 38.7. The lowest BCUT2D eigenvalue weighted by molar-refractivity contribution is -0.123. The van der Waals surface area contributed by atoms with Crippen LogP contribution in [0.4, 0.5) is 5.13 Å². The van der Waals surface area contributed by atoms with Crippen LogP contribution in [0.2, 0.25) is 0 Å². The first-order valence-electron chi connectivity index (χ1n) is 8.34. The third-order valence-electron chi connectivity index (χ3n) is 3.71. The summed E-state index contributed by atoms with van der Waals surface area (Å²) in [5.74, 6) is -1.00. The molecule has 1 atom stereocenters. The molecule has 2 aromatic rings. The van der Waals surface area contributed by atoms with E-state index in [-0.39, 0.29) is 31.1 Å². The minimum absolute atomic E-state index is 0.0681. The summed E-state index contributed by atoms with van der Waals surface area (Å²) in [6.45, 7) is 2.33. The highest BCUT2D eigenvalue weighted by Crippen LogP contribution is 2.26. The lowest BCUT2D eigenvalue weighted by Gasteiger charge is -2.11. The van der Waals surface area contributed by atoms with Gasteiger partial charge in [-0.25, -0.2) is 4.98 Å². The number of aryl methyl sites for hydroxylation is 1. The second-order valence-electron chi connectivity index (χ2n) is 6.04. The molecular formula is C17H23N5O3S. The van der Waals surface area contributed by atoms with Crippen molar-refractivity contribution in [3.05, 3.63) is 23.8 Å². The Hall–Kier alpha value is -2.52. The van der Waals surface area contributed by atoms with Crippen molar-refractivity contribution in [1.29, 1.82) is 0 Å². The molecular weight excluding hydrogens is 354 g/mol. The topological polar surface area (TPSA) is 140 Å². The number of fused-ring (bicyclic) bond motifs is 1. The van der Waals surface area contributed by atoms with Crippen LogP contribution < -0.4 is 22.1 Å². The normalized spacial score (nSPS) is 11.9. The summed E-state index contributed by atoms with van der Waals surface area (Å²) in [5, 5.41) is 5.98. The predicted molar refractivity (Wildman–Crippen MR) is 102 cm³/mol. The van der Waals surface area contributed by atoms with Gasteiger partial charge in [0.1, 0.15) is 0 Å². The SMILES string of the molecule is Cc1ccc2nc(NC(=O)CCCNC(=O)[C@@H](N)CCC(N)=O)sc2c1. The number of carbonyl (C=O) groups is 3. The number of nitrogens with two attached hydrogens (primary N) is 2. The average molecular weight is 377 g/mol. The van der Waals surface area contributed by atoms with E-state index in [1.165, 1.54) is 11.3 Å². The molecule has 0 bridgehead atoms. The molecule has 8 nitrogen and oxygen atoms in total. The smallest absolute Gasteiger partial charge is 0.236 e. The number of nitrogens with one attached hydrogen (secondary N) is 2. The maximum Gasteiger partial charge on any atom is 0.236 e. The van der Waals surface area contributed by atoms with Gasteiger partial charge < -0.3 is 22.1 Å². The molecule has 0 saturated carbocycles. The molecule has 0 spiro atoms. The number of hydrogen-bond donors (Lipinski definition) is 4. The van der Waals surface area contributed by atoms with E-state index in [0.29, 0.717) is 18.1 Å². The summed E-state index contributed by atoms with van der Waals surface area (Å²) >= 11 is 1.43. The van der Waals surface area contributed by atoms with Gasteiger partial charge in [-0.2, -0.15) is 0 Å². The van der Waals surface area contributed by atoms with E-state index in [1.54, 1.807) is 0 Å². The number of thiazole rings is 1. The van der Waals surface area contributed by atoms with E-state index < -0.39 is 11.9 Å². The maximum absolute atomic E-state index is 12.0. The first-order valence-corrected chi connectivity index (χ1v) is 9.15. The van der Waals surface area contributed by atoms with E-state index in [4.69, 9.17) is 11.5 Å². The van der Waals surface area contributed by atoms with E-state index in [1.807, 2.05) is 25.1 Å². The molecule has 0 aliphatic carbocycles. The number of anilines is 1. The van der Waals surface area contributed by atoms with Gasteiger partial charge in [-0.05, 0) is 37.5 Å². The number of rotatable bonds is 9. The quantitative estimate of drug-likeness (QED) is 0.483. The fourth-order valence-electron chi connectivity index (χ4n) is 2.29. The number of aromatic nitrogens is 1. The number of nitrogens with zero attached hydrogens (tertiary/aromatic N) is 1. The van der Waals surface area contributed by atoms with Gasteiger partial charge in [0.05, 0.1) is 16.3 Å². The van der Waals surface area contributed by atoms with Crippen molar-refractivity contribution in [3.8, 4) is 0 Å². The van der Waals surface area contributed by atoms with Gasteiger partial charge in [0.15, 0.2) is 5.13 Å². The fourth-order valence-corrected chi connectivity index (χ4v) is 3.27. The van der Waals surface area contributed by atoms with Gasteiger partial charge >= 0.3 is 0 Å². The molecule has 0 radical (unpaired) electrons. The van der Waals surface area contributed by atoms with Gasteiger partial charge in [0, 0.05) is 19.4 Å². The van der Waals surface area contributed by atoms with E-state index in [0.717, 1.165) is 15.8 Å². The molecule has 0 aliphatic rings. The third-order valence-corrected chi connectivity index (χ3v) is 4.64. The van der Waals surface area contributed by atoms with Crippen molar-refractivity contribution in [3.63, 3.8) is 0 Å².